The second-order valence-corrected chi connectivity index (χ2v) is 5.77. The summed E-state index contributed by atoms with van der Waals surface area (Å²) in [7, 11) is -2.66. The minimum absolute atomic E-state index is 0.0254. The van der Waals surface area contributed by atoms with Gasteiger partial charge in [0.15, 0.2) is 5.75 Å². The average molecular weight is 304 g/mol. The van der Waals surface area contributed by atoms with Crippen LogP contribution >= 0.6 is 0 Å². The maximum atomic E-state index is 11.9. The summed E-state index contributed by atoms with van der Waals surface area (Å²) in [6.07, 6.45) is -0.413. The SMILES string of the molecule is CCC(O)CNS(=O)(=O)c1ccc(OC)c([N+](=O)[O-])c1. The van der Waals surface area contributed by atoms with Crippen LogP contribution in [0.1, 0.15) is 13.3 Å². The van der Waals surface area contributed by atoms with Crippen molar-refractivity contribution in [2.24, 2.45) is 0 Å². The molecular weight excluding hydrogens is 288 g/mol. The number of nitro benzene ring substituents is 1. The molecule has 0 radical (unpaired) electrons. The molecule has 1 atom stereocenters. The summed E-state index contributed by atoms with van der Waals surface area (Å²) in [5.74, 6) is -0.0254. The Bertz CT molecular complexity index is 587. The van der Waals surface area contributed by atoms with Gasteiger partial charge in [-0.05, 0) is 18.6 Å². The predicted octanol–water partition coefficient (Wildman–Crippen LogP) is 0.653. The van der Waals surface area contributed by atoms with Crippen LogP contribution in [-0.2, 0) is 10.0 Å². The van der Waals surface area contributed by atoms with E-state index in [2.05, 4.69) is 4.72 Å². The molecular formula is C11H16N2O6S. The van der Waals surface area contributed by atoms with Crippen molar-refractivity contribution in [3.63, 3.8) is 0 Å². The van der Waals surface area contributed by atoms with E-state index in [-0.39, 0.29) is 17.2 Å². The summed E-state index contributed by atoms with van der Waals surface area (Å²) < 4.78 is 30.9. The third kappa shape index (κ3) is 3.89. The van der Waals surface area contributed by atoms with Gasteiger partial charge in [-0.2, -0.15) is 0 Å². The summed E-state index contributed by atoms with van der Waals surface area (Å²) in [4.78, 5) is 9.86. The molecule has 0 bridgehead atoms. The number of hydrogen-bond acceptors (Lipinski definition) is 6. The predicted molar refractivity (Wildman–Crippen MR) is 71.1 cm³/mol. The van der Waals surface area contributed by atoms with Crippen LogP contribution in [0.25, 0.3) is 0 Å². The Labute approximate surface area is 116 Å². The number of aliphatic hydroxyl groups is 1. The largest absolute Gasteiger partial charge is 0.490 e. The van der Waals surface area contributed by atoms with E-state index in [0.717, 1.165) is 6.07 Å². The van der Waals surface area contributed by atoms with Crippen LogP contribution in [0.5, 0.6) is 5.75 Å². The third-order valence-electron chi connectivity index (χ3n) is 2.64. The first-order valence-corrected chi connectivity index (χ1v) is 7.30. The maximum Gasteiger partial charge on any atom is 0.312 e. The van der Waals surface area contributed by atoms with Gasteiger partial charge in [0, 0.05) is 12.6 Å². The first kappa shape index (κ1) is 16.3. The Kier molecular flexibility index (Phi) is 5.43. The number of hydrogen-bond donors (Lipinski definition) is 2. The third-order valence-corrected chi connectivity index (χ3v) is 4.06. The van der Waals surface area contributed by atoms with Crippen molar-refractivity contribution >= 4 is 15.7 Å². The van der Waals surface area contributed by atoms with Crippen molar-refractivity contribution in [1.29, 1.82) is 0 Å². The molecule has 0 amide bonds. The lowest BCUT2D eigenvalue weighted by Gasteiger charge is -2.10. The highest BCUT2D eigenvalue weighted by molar-refractivity contribution is 7.89. The molecule has 9 heteroatoms. The highest BCUT2D eigenvalue weighted by Gasteiger charge is 2.22. The molecule has 0 spiro atoms. The molecule has 1 aromatic carbocycles. The quantitative estimate of drug-likeness (QED) is 0.564. The number of methoxy groups -OCH3 is 1. The summed E-state index contributed by atoms with van der Waals surface area (Å²) >= 11 is 0. The average Bonchev–Trinajstić information content (AvgIpc) is 2.43. The molecule has 2 N–H and O–H groups in total. The van der Waals surface area contributed by atoms with Crippen molar-refractivity contribution in [1.82, 2.24) is 4.72 Å². The van der Waals surface area contributed by atoms with Gasteiger partial charge < -0.3 is 9.84 Å². The van der Waals surface area contributed by atoms with Crippen molar-refractivity contribution < 1.29 is 23.2 Å². The molecule has 0 aliphatic rings. The number of ether oxygens (including phenoxy) is 1. The van der Waals surface area contributed by atoms with E-state index in [4.69, 9.17) is 4.74 Å². The van der Waals surface area contributed by atoms with Gasteiger partial charge in [0.25, 0.3) is 0 Å². The Morgan fingerprint density at radius 1 is 1.50 bits per heavy atom. The summed E-state index contributed by atoms with van der Waals surface area (Å²) in [5, 5.41) is 20.2. The van der Waals surface area contributed by atoms with Crippen LogP contribution in [0.15, 0.2) is 23.1 Å². The Morgan fingerprint density at radius 3 is 2.65 bits per heavy atom. The van der Waals surface area contributed by atoms with Gasteiger partial charge in [0.05, 0.1) is 23.0 Å². The Morgan fingerprint density at radius 2 is 2.15 bits per heavy atom. The van der Waals surface area contributed by atoms with E-state index < -0.39 is 26.7 Å². The van der Waals surface area contributed by atoms with E-state index in [1.807, 2.05) is 0 Å². The zero-order valence-corrected chi connectivity index (χ0v) is 11.9. The van der Waals surface area contributed by atoms with Gasteiger partial charge in [-0.1, -0.05) is 6.92 Å². The van der Waals surface area contributed by atoms with Gasteiger partial charge in [-0.25, -0.2) is 13.1 Å². The van der Waals surface area contributed by atoms with Crippen LogP contribution in [-0.4, -0.2) is 38.2 Å². The fourth-order valence-corrected chi connectivity index (χ4v) is 2.51. The molecule has 0 aromatic heterocycles. The lowest BCUT2D eigenvalue weighted by Crippen LogP contribution is -2.31. The minimum atomic E-state index is -3.92. The van der Waals surface area contributed by atoms with Crippen molar-refractivity contribution in [2.45, 2.75) is 24.3 Å². The van der Waals surface area contributed by atoms with Crippen molar-refractivity contribution in [3.05, 3.63) is 28.3 Å². The van der Waals surface area contributed by atoms with Crippen LogP contribution in [0.2, 0.25) is 0 Å². The summed E-state index contributed by atoms with van der Waals surface area (Å²) in [5.41, 5.74) is -0.439. The normalized spacial score (nSPS) is 12.9. The fourth-order valence-electron chi connectivity index (χ4n) is 1.41. The Balaban J connectivity index is 3.07. The van der Waals surface area contributed by atoms with E-state index in [1.165, 1.54) is 19.2 Å². The Hall–Kier alpha value is -1.71. The van der Waals surface area contributed by atoms with Crippen molar-refractivity contribution in [3.8, 4) is 5.75 Å². The molecule has 0 saturated heterocycles. The molecule has 0 aliphatic carbocycles. The zero-order chi connectivity index (χ0) is 15.3. The molecule has 0 saturated carbocycles. The standard InChI is InChI=1S/C11H16N2O6S/c1-3-8(14)7-12-20(17,18)9-4-5-11(19-2)10(6-9)13(15)16/h4-6,8,12,14H,3,7H2,1-2H3. The molecule has 112 valence electrons. The lowest BCUT2D eigenvalue weighted by atomic mass is 10.3. The zero-order valence-electron chi connectivity index (χ0n) is 11.1. The summed E-state index contributed by atoms with van der Waals surface area (Å²) in [6, 6.07) is 3.33. The van der Waals surface area contributed by atoms with Gasteiger partial charge in [-0.15, -0.1) is 0 Å². The highest BCUT2D eigenvalue weighted by atomic mass is 32.2. The molecule has 20 heavy (non-hydrogen) atoms. The second kappa shape index (κ2) is 6.64. The van der Waals surface area contributed by atoms with Gasteiger partial charge in [0.2, 0.25) is 10.0 Å². The molecule has 0 fully saturated rings. The monoisotopic (exact) mass is 304 g/mol. The number of nitro groups is 1. The second-order valence-electron chi connectivity index (χ2n) is 4.00. The summed E-state index contributed by atoms with van der Waals surface area (Å²) in [6.45, 7) is 1.55. The van der Waals surface area contributed by atoms with E-state index >= 15 is 0 Å². The van der Waals surface area contributed by atoms with E-state index in [0.29, 0.717) is 6.42 Å². The topological polar surface area (TPSA) is 119 Å². The number of sulfonamides is 1. The number of nitrogens with zero attached hydrogens (tertiary/aromatic N) is 1. The number of rotatable bonds is 7. The first-order chi connectivity index (χ1) is 9.31. The minimum Gasteiger partial charge on any atom is -0.490 e. The fraction of sp³-hybridized carbons (Fsp3) is 0.455. The number of nitrogens with one attached hydrogen (secondary N) is 1. The highest BCUT2D eigenvalue weighted by Crippen LogP contribution is 2.29. The molecule has 0 aliphatic heterocycles. The van der Waals surface area contributed by atoms with Crippen LogP contribution in [0.3, 0.4) is 0 Å². The molecule has 8 nitrogen and oxygen atoms in total. The van der Waals surface area contributed by atoms with Crippen LogP contribution in [0.4, 0.5) is 5.69 Å². The van der Waals surface area contributed by atoms with Gasteiger partial charge in [0.1, 0.15) is 0 Å². The van der Waals surface area contributed by atoms with E-state index in [1.54, 1.807) is 6.92 Å². The van der Waals surface area contributed by atoms with Gasteiger partial charge in [-0.3, -0.25) is 10.1 Å². The van der Waals surface area contributed by atoms with Crippen molar-refractivity contribution in [2.75, 3.05) is 13.7 Å². The van der Waals surface area contributed by atoms with Crippen LogP contribution < -0.4 is 9.46 Å². The maximum absolute atomic E-state index is 11.9. The van der Waals surface area contributed by atoms with Gasteiger partial charge >= 0.3 is 5.69 Å². The molecule has 1 aromatic rings. The molecule has 1 rings (SSSR count). The molecule has 0 heterocycles. The van der Waals surface area contributed by atoms with E-state index in [9.17, 15) is 23.6 Å². The smallest absolute Gasteiger partial charge is 0.312 e. The van der Waals surface area contributed by atoms with Crippen LogP contribution in [0, 0.1) is 10.1 Å². The molecule has 1 unspecified atom stereocenters. The first-order valence-electron chi connectivity index (χ1n) is 5.82. The lowest BCUT2D eigenvalue weighted by molar-refractivity contribution is -0.386. The number of aliphatic hydroxyl groups excluding tert-OH is 1. The number of benzene rings is 1.